The number of carbonyl (C=O) groups excluding carboxylic acids is 1. The van der Waals surface area contributed by atoms with Crippen molar-refractivity contribution in [2.24, 2.45) is 0 Å². The van der Waals surface area contributed by atoms with E-state index in [9.17, 15) is 14.9 Å². The normalized spacial score (nSPS) is 15.2. The lowest BCUT2D eigenvalue weighted by Crippen LogP contribution is -2.41. The number of nitro groups is 1. The van der Waals surface area contributed by atoms with E-state index in [1.54, 1.807) is 0 Å². The van der Waals surface area contributed by atoms with Crippen LogP contribution in [0.5, 0.6) is 0 Å². The third-order valence-electron chi connectivity index (χ3n) is 3.47. The number of rotatable bonds is 5. The number of anilines is 1. The minimum absolute atomic E-state index is 0.0124. The van der Waals surface area contributed by atoms with Gasteiger partial charge in [-0.05, 0) is 12.1 Å². The van der Waals surface area contributed by atoms with Crippen LogP contribution in [-0.2, 0) is 9.53 Å². The van der Waals surface area contributed by atoms with Gasteiger partial charge in [-0.2, -0.15) is 0 Å². The van der Waals surface area contributed by atoms with E-state index in [0.717, 1.165) is 0 Å². The standard InChI is InChI=1S/C14H15N5O5/c20-12(9-18-5-7-23-8-6-18)15-14-17-16-13(24-14)10-1-3-11(4-2-10)19(21)22/h1-4H,5-9H2,(H,15,17,20). The molecule has 0 bridgehead atoms. The van der Waals surface area contributed by atoms with Crippen molar-refractivity contribution < 1.29 is 18.9 Å². The number of carbonyl (C=O) groups is 1. The van der Waals surface area contributed by atoms with Gasteiger partial charge in [0.05, 0.1) is 24.7 Å². The van der Waals surface area contributed by atoms with Crippen LogP contribution in [0.15, 0.2) is 28.7 Å². The number of amides is 1. The number of aromatic nitrogens is 2. The molecule has 0 saturated carbocycles. The van der Waals surface area contributed by atoms with Crippen molar-refractivity contribution in [3.63, 3.8) is 0 Å². The highest BCUT2D eigenvalue weighted by atomic mass is 16.6. The average Bonchev–Trinajstić information content (AvgIpc) is 3.04. The lowest BCUT2D eigenvalue weighted by atomic mass is 10.2. The Labute approximate surface area is 136 Å². The van der Waals surface area contributed by atoms with E-state index in [1.165, 1.54) is 24.3 Å². The summed E-state index contributed by atoms with van der Waals surface area (Å²) in [6.07, 6.45) is 0. The fourth-order valence-corrected chi connectivity index (χ4v) is 2.24. The number of nitrogens with zero attached hydrogens (tertiary/aromatic N) is 4. The first-order valence-corrected chi connectivity index (χ1v) is 7.30. The lowest BCUT2D eigenvalue weighted by Gasteiger charge is -2.25. The smallest absolute Gasteiger partial charge is 0.322 e. The fourth-order valence-electron chi connectivity index (χ4n) is 2.24. The van der Waals surface area contributed by atoms with E-state index in [2.05, 4.69) is 15.5 Å². The number of ether oxygens (including phenoxy) is 1. The topological polar surface area (TPSA) is 124 Å². The first-order chi connectivity index (χ1) is 11.6. The van der Waals surface area contributed by atoms with Crippen molar-refractivity contribution in [3.8, 4) is 11.5 Å². The van der Waals surface area contributed by atoms with E-state index in [4.69, 9.17) is 9.15 Å². The van der Waals surface area contributed by atoms with Crippen molar-refractivity contribution in [2.75, 3.05) is 38.2 Å². The van der Waals surface area contributed by atoms with E-state index >= 15 is 0 Å². The summed E-state index contributed by atoms with van der Waals surface area (Å²) in [5.41, 5.74) is 0.499. The molecule has 1 aromatic carbocycles. The van der Waals surface area contributed by atoms with Crippen molar-refractivity contribution in [3.05, 3.63) is 34.4 Å². The van der Waals surface area contributed by atoms with Crippen LogP contribution in [-0.4, -0.2) is 58.8 Å². The van der Waals surface area contributed by atoms with Crippen LogP contribution in [0.1, 0.15) is 0 Å². The minimum Gasteiger partial charge on any atom is -0.403 e. The molecular weight excluding hydrogens is 318 g/mol. The number of hydrogen-bond donors (Lipinski definition) is 1. The van der Waals surface area contributed by atoms with E-state index in [0.29, 0.717) is 31.9 Å². The Balaban J connectivity index is 1.60. The summed E-state index contributed by atoms with van der Waals surface area (Å²) in [5.74, 6) is -0.0811. The van der Waals surface area contributed by atoms with Crippen LogP contribution < -0.4 is 5.32 Å². The van der Waals surface area contributed by atoms with Gasteiger partial charge in [-0.25, -0.2) is 0 Å². The average molecular weight is 333 g/mol. The van der Waals surface area contributed by atoms with Crippen molar-refractivity contribution in [1.82, 2.24) is 15.1 Å². The largest absolute Gasteiger partial charge is 0.403 e. The minimum atomic E-state index is -0.491. The Morgan fingerprint density at radius 2 is 1.96 bits per heavy atom. The van der Waals surface area contributed by atoms with Gasteiger partial charge in [0.1, 0.15) is 0 Å². The maximum Gasteiger partial charge on any atom is 0.322 e. The van der Waals surface area contributed by atoms with Crippen LogP contribution in [0.25, 0.3) is 11.5 Å². The van der Waals surface area contributed by atoms with Crippen molar-refractivity contribution >= 4 is 17.6 Å². The molecule has 10 nitrogen and oxygen atoms in total. The molecule has 1 N–H and O–H groups in total. The van der Waals surface area contributed by atoms with Crippen LogP contribution in [0.2, 0.25) is 0 Å². The van der Waals surface area contributed by atoms with Crippen molar-refractivity contribution in [2.45, 2.75) is 0 Å². The molecule has 3 rings (SSSR count). The summed E-state index contributed by atoms with van der Waals surface area (Å²) in [4.78, 5) is 24.1. The first kappa shape index (κ1) is 16.0. The number of morpholine rings is 1. The van der Waals surface area contributed by atoms with E-state index in [1.807, 2.05) is 4.90 Å². The Morgan fingerprint density at radius 1 is 1.25 bits per heavy atom. The molecule has 0 spiro atoms. The Kier molecular flexibility index (Phi) is 4.77. The van der Waals surface area contributed by atoms with Gasteiger partial charge < -0.3 is 9.15 Å². The molecule has 24 heavy (non-hydrogen) atoms. The van der Waals surface area contributed by atoms with Gasteiger partial charge in [0, 0.05) is 30.8 Å². The third kappa shape index (κ3) is 3.91. The molecule has 1 aliphatic rings. The molecule has 1 aromatic heterocycles. The molecule has 0 unspecified atom stereocenters. The summed E-state index contributed by atoms with van der Waals surface area (Å²) in [5, 5.41) is 20.8. The monoisotopic (exact) mass is 333 g/mol. The molecular formula is C14H15N5O5. The predicted octanol–water partition coefficient (Wildman–Crippen LogP) is 0.915. The molecule has 10 heteroatoms. The van der Waals surface area contributed by atoms with E-state index in [-0.39, 0.29) is 30.0 Å². The van der Waals surface area contributed by atoms with Crippen LogP contribution >= 0.6 is 0 Å². The molecule has 0 atom stereocenters. The Bertz CT molecular complexity index is 723. The number of benzene rings is 1. The second kappa shape index (κ2) is 7.15. The molecule has 0 aliphatic carbocycles. The Morgan fingerprint density at radius 3 is 2.62 bits per heavy atom. The quantitative estimate of drug-likeness (QED) is 0.632. The molecule has 2 aromatic rings. The molecule has 2 heterocycles. The van der Waals surface area contributed by atoms with Gasteiger partial charge in [0.25, 0.3) is 5.69 Å². The van der Waals surface area contributed by atoms with E-state index < -0.39 is 4.92 Å². The first-order valence-electron chi connectivity index (χ1n) is 7.30. The fraction of sp³-hybridized carbons (Fsp3) is 0.357. The highest BCUT2D eigenvalue weighted by molar-refractivity contribution is 5.90. The van der Waals surface area contributed by atoms with Gasteiger partial charge in [-0.1, -0.05) is 5.10 Å². The van der Waals surface area contributed by atoms with Gasteiger partial charge in [0.2, 0.25) is 11.8 Å². The highest BCUT2D eigenvalue weighted by Crippen LogP contribution is 2.22. The summed E-state index contributed by atoms with van der Waals surface area (Å²) in [6, 6.07) is 5.68. The van der Waals surface area contributed by atoms with Crippen LogP contribution in [0, 0.1) is 10.1 Å². The number of nitro benzene ring substituents is 1. The van der Waals surface area contributed by atoms with Gasteiger partial charge in [-0.15, -0.1) is 5.10 Å². The van der Waals surface area contributed by atoms with Crippen LogP contribution in [0.4, 0.5) is 11.7 Å². The molecule has 126 valence electrons. The number of hydrogen-bond acceptors (Lipinski definition) is 8. The summed E-state index contributed by atoms with van der Waals surface area (Å²) >= 11 is 0. The summed E-state index contributed by atoms with van der Waals surface area (Å²) in [7, 11) is 0. The zero-order valence-corrected chi connectivity index (χ0v) is 12.7. The molecule has 1 aliphatic heterocycles. The maximum absolute atomic E-state index is 11.9. The zero-order chi connectivity index (χ0) is 16.9. The second-order valence-corrected chi connectivity index (χ2v) is 5.15. The molecule has 1 amide bonds. The number of non-ortho nitro benzene ring substituents is 1. The number of nitrogens with one attached hydrogen (secondary N) is 1. The van der Waals surface area contributed by atoms with Crippen molar-refractivity contribution in [1.29, 1.82) is 0 Å². The summed E-state index contributed by atoms with van der Waals surface area (Å²) in [6.45, 7) is 2.84. The second-order valence-electron chi connectivity index (χ2n) is 5.15. The Hall–Kier alpha value is -2.85. The van der Waals surface area contributed by atoms with Crippen LogP contribution in [0.3, 0.4) is 0 Å². The van der Waals surface area contributed by atoms with Gasteiger partial charge in [0.15, 0.2) is 0 Å². The maximum atomic E-state index is 11.9. The molecule has 0 radical (unpaired) electrons. The zero-order valence-electron chi connectivity index (χ0n) is 12.7. The molecule has 1 fully saturated rings. The lowest BCUT2D eigenvalue weighted by molar-refractivity contribution is -0.384. The van der Waals surface area contributed by atoms with Gasteiger partial charge in [-0.3, -0.25) is 25.1 Å². The summed E-state index contributed by atoms with van der Waals surface area (Å²) < 4.78 is 10.6. The SMILES string of the molecule is O=C(CN1CCOCC1)Nc1nnc(-c2ccc([N+](=O)[O-])cc2)o1. The third-order valence-corrected chi connectivity index (χ3v) is 3.47. The highest BCUT2D eigenvalue weighted by Gasteiger charge is 2.17. The predicted molar refractivity (Wildman–Crippen MR) is 82.3 cm³/mol. The van der Waals surface area contributed by atoms with Gasteiger partial charge >= 0.3 is 6.01 Å². The molecule has 1 saturated heterocycles.